The Morgan fingerprint density at radius 2 is 1.74 bits per heavy atom. The van der Waals surface area contributed by atoms with Gasteiger partial charge in [-0.3, -0.25) is 10.2 Å². The van der Waals surface area contributed by atoms with Crippen molar-refractivity contribution >= 4 is 39.8 Å². The van der Waals surface area contributed by atoms with Crippen LogP contribution in [-0.4, -0.2) is 40.2 Å². The van der Waals surface area contributed by atoms with E-state index in [1.807, 2.05) is 86.6 Å². The van der Waals surface area contributed by atoms with Crippen LogP contribution in [0.15, 0.2) is 94.5 Å². The number of benzene rings is 3. The van der Waals surface area contributed by atoms with Gasteiger partial charge in [0.25, 0.3) is 5.91 Å². The minimum atomic E-state index is -0.495. The van der Waals surface area contributed by atoms with E-state index in [9.17, 15) is 4.79 Å². The molecule has 9 heteroatoms. The predicted molar refractivity (Wildman–Crippen MR) is 150 cm³/mol. The summed E-state index contributed by atoms with van der Waals surface area (Å²) in [5.41, 5.74) is 1.87. The number of rotatable bonds is 9. The van der Waals surface area contributed by atoms with Crippen LogP contribution in [0.3, 0.4) is 0 Å². The molecule has 8 nitrogen and oxygen atoms in total. The van der Waals surface area contributed by atoms with Crippen molar-refractivity contribution in [3.8, 4) is 17.2 Å². The summed E-state index contributed by atoms with van der Waals surface area (Å²) in [4.78, 5) is 17.0. The molecule has 0 aliphatic carbocycles. The summed E-state index contributed by atoms with van der Waals surface area (Å²) in [6, 6.07) is 24.8. The monoisotopic (exact) mass is 526 g/mol. The largest absolute Gasteiger partial charge is 0.490 e. The van der Waals surface area contributed by atoms with E-state index in [4.69, 9.17) is 19.6 Å². The number of ether oxygens (including phenoxy) is 3. The fraction of sp³-hybridized carbons (Fsp3) is 0.172. The molecule has 0 bridgehead atoms. The van der Waals surface area contributed by atoms with Crippen LogP contribution in [0.2, 0.25) is 0 Å². The molecule has 0 aromatic heterocycles. The molecule has 0 fully saturated rings. The Morgan fingerprint density at radius 1 is 1.00 bits per heavy atom. The highest BCUT2D eigenvalue weighted by molar-refractivity contribution is 8.27. The number of para-hydroxylation sites is 1. The van der Waals surface area contributed by atoms with E-state index in [1.165, 1.54) is 16.8 Å². The summed E-state index contributed by atoms with van der Waals surface area (Å²) in [5.74, 6) is 1.33. The number of hydrogen-bond donors (Lipinski definition) is 1. The maximum Gasteiger partial charge on any atom is 0.283 e. The van der Waals surface area contributed by atoms with E-state index in [0.29, 0.717) is 39.6 Å². The first-order valence-corrected chi connectivity index (χ1v) is 13.0. The smallest absolute Gasteiger partial charge is 0.283 e. The number of nitrogens with one attached hydrogen (secondary N) is 1. The Bertz CT molecular complexity index is 1440. The van der Waals surface area contributed by atoms with Crippen LogP contribution in [0.1, 0.15) is 31.1 Å². The topological polar surface area (TPSA) is 96.6 Å². The van der Waals surface area contributed by atoms with Gasteiger partial charge >= 0.3 is 0 Å². The summed E-state index contributed by atoms with van der Waals surface area (Å²) >= 11 is 1.22. The molecule has 3 aromatic rings. The van der Waals surface area contributed by atoms with Crippen LogP contribution in [-0.2, 0) is 4.79 Å². The average molecular weight is 527 g/mol. The van der Waals surface area contributed by atoms with Crippen LogP contribution in [0.5, 0.6) is 17.2 Å². The second-order valence-corrected chi connectivity index (χ2v) is 9.47. The summed E-state index contributed by atoms with van der Waals surface area (Å²) in [6.07, 6.45) is 1.45. The van der Waals surface area contributed by atoms with E-state index in [1.54, 1.807) is 12.1 Å². The number of amides is 1. The molecule has 0 spiro atoms. The second-order valence-electron chi connectivity index (χ2n) is 8.43. The van der Waals surface area contributed by atoms with Crippen molar-refractivity contribution in [3.05, 3.63) is 95.6 Å². The van der Waals surface area contributed by atoms with E-state index < -0.39 is 5.91 Å². The van der Waals surface area contributed by atoms with Crippen LogP contribution in [0, 0.1) is 5.41 Å². The minimum absolute atomic E-state index is 0.0433. The zero-order valence-corrected chi connectivity index (χ0v) is 21.8. The lowest BCUT2D eigenvalue weighted by atomic mass is 10.1. The van der Waals surface area contributed by atoms with Crippen molar-refractivity contribution in [2.45, 2.75) is 20.0 Å². The molecular formula is C29H26N4O4S. The van der Waals surface area contributed by atoms with Crippen LogP contribution < -0.4 is 14.2 Å². The van der Waals surface area contributed by atoms with Gasteiger partial charge in [-0.2, -0.15) is 15.1 Å². The predicted octanol–water partition coefficient (Wildman–Crippen LogP) is 5.92. The lowest BCUT2D eigenvalue weighted by Crippen LogP contribution is -2.35. The highest BCUT2D eigenvalue weighted by atomic mass is 32.2. The SMILES string of the molecule is CCOc1cc(/C=C2/C(=N)N3N=C(COc4ccccc4)SC3=NC2=O)ccc1O[C@@H](C)c1ccccc1. The van der Waals surface area contributed by atoms with E-state index >= 15 is 0 Å². The van der Waals surface area contributed by atoms with Gasteiger partial charge in [0.15, 0.2) is 17.3 Å². The summed E-state index contributed by atoms with van der Waals surface area (Å²) in [6.45, 7) is 4.54. The number of fused-ring (bicyclic) bond motifs is 1. The van der Waals surface area contributed by atoms with Gasteiger partial charge in [-0.1, -0.05) is 54.6 Å². The quantitative estimate of drug-likeness (QED) is 0.348. The molecule has 2 aliphatic heterocycles. The van der Waals surface area contributed by atoms with Gasteiger partial charge in [0.2, 0.25) is 5.17 Å². The van der Waals surface area contributed by atoms with Gasteiger partial charge in [0, 0.05) is 0 Å². The highest BCUT2D eigenvalue weighted by Gasteiger charge is 2.35. The van der Waals surface area contributed by atoms with Crippen molar-refractivity contribution in [1.82, 2.24) is 5.01 Å². The lowest BCUT2D eigenvalue weighted by molar-refractivity contribution is -0.114. The maximum absolute atomic E-state index is 12.8. The van der Waals surface area contributed by atoms with Crippen molar-refractivity contribution in [3.63, 3.8) is 0 Å². The zero-order valence-electron chi connectivity index (χ0n) is 21.0. The van der Waals surface area contributed by atoms with E-state index in [-0.39, 0.29) is 24.1 Å². The average Bonchev–Trinajstić information content (AvgIpc) is 3.35. The highest BCUT2D eigenvalue weighted by Crippen LogP contribution is 2.34. The summed E-state index contributed by atoms with van der Waals surface area (Å²) in [5, 5.41) is 15.4. The molecule has 3 aromatic carbocycles. The van der Waals surface area contributed by atoms with Gasteiger partial charge in [0.05, 0.1) is 12.2 Å². The van der Waals surface area contributed by atoms with Crippen molar-refractivity contribution in [2.75, 3.05) is 13.2 Å². The number of carbonyl (C=O) groups excluding carboxylic acids is 1. The van der Waals surface area contributed by atoms with Gasteiger partial charge in [0.1, 0.15) is 23.5 Å². The van der Waals surface area contributed by atoms with Gasteiger partial charge < -0.3 is 14.2 Å². The Hall–Kier alpha value is -4.37. The van der Waals surface area contributed by atoms with Crippen LogP contribution >= 0.6 is 11.8 Å². The molecular weight excluding hydrogens is 500 g/mol. The molecule has 1 atom stereocenters. The van der Waals surface area contributed by atoms with E-state index in [0.717, 1.165) is 5.56 Å². The number of amidine groups is 2. The second kappa shape index (κ2) is 11.4. The Morgan fingerprint density at radius 3 is 2.47 bits per heavy atom. The molecule has 1 amide bonds. The number of nitrogens with zero attached hydrogens (tertiary/aromatic N) is 3. The fourth-order valence-corrected chi connectivity index (χ4v) is 4.68. The van der Waals surface area contributed by atoms with Crippen molar-refractivity contribution < 1.29 is 19.0 Å². The summed E-state index contributed by atoms with van der Waals surface area (Å²) in [7, 11) is 0. The standard InChI is InChI=1S/C29H26N4O4S/c1-3-35-25-17-20(14-15-24(25)37-19(2)21-10-6-4-7-11-21)16-23-27(30)33-29(31-28(23)34)38-26(32-33)18-36-22-12-8-5-9-13-22/h4-17,19,30H,3,18H2,1-2H3/b23-16-,30-27?/t19-/m0/s1. The third kappa shape index (κ3) is 5.63. The number of carbonyl (C=O) groups is 1. The molecule has 5 rings (SSSR count). The van der Waals surface area contributed by atoms with Crippen molar-refractivity contribution in [2.24, 2.45) is 10.1 Å². The molecule has 0 radical (unpaired) electrons. The molecule has 38 heavy (non-hydrogen) atoms. The van der Waals surface area contributed by atoms with Crippen LogP contribution in [0.25, 0.3) is 6.08 Å². The van der Waals surface area contributed by atoms with Gasteiger partial charge in [-0.25, -0.2) is 0 Å². The van der Waals surface area contributed by atoms with Gasteiger partial charge in [-0.05, 0) is 67.1 Å². The molecule has 0 unspecified atom stereocenters. The van der Waals surface area contributed by atoms with Crippen LogP contribution in [0.4, 0.5) is 0 Å². The minimum Gasteiger partial charge on any atom is -0.490 e. The molecule has 1 N–H and O–H groups in total. The molecule has 0 saturated heterocycles. The first-order chi connectivity index (χ1) is 18.5. The number of hydrogen-bond acceptors (Lipinski definition) is 7. The molecule has 192 valence electrons. The third-order valence-corrected chi connectivity index (χ3v) is 6.64. The molecule has 2 heterocycles. The lowest BCUT2D eigenvalue weighted by Gasteiger charge is -2.20. The van der Waals surface area contributed by atoms with E-state index in [2.05, 4.69) is 10.1 Å². The van der Waals surface area contributed by atoms with Gasteiger partial charge in [-0.15, -0.1) is 0 Å². The Balaban J connectivity index is 1.34. The maximum atomic E-state index is 12.8. The Kier molecular flexibility index (Phi) is 7.55. The number of aliphatic imine (C=N–C) groups is 1. The summed E-state index contributed by atoms with van der Waals surface area (Å²) < 4.78 is 17.8. The van der Waals surface area contributed by atoms with Crippen molar-refractivity contribution in [1.29, 1.82) is 5.41 Å². The first-order valence-electron chi connectivity index (χ1n) is 12.2. The third-order valence-electron chi connectivity index (χ3n) is 5.75. The Labute approximate surface area is 225 Å². The molecule has 0 saturated carbocycles. The molecule has 2 aliphatic rings. The zero-order chi connectivity index (χ0) is 26.5. The normalized spacial score (nSPS) is 16.6. The number of hydrazone groups is 1. The first kappa shape index (κ1) is 25.3. The fourth-order valence-electron chi connectivity index (χ4n) is 3.88. The number of thioether (sulfide) groups is 1.